The zero-order valence-electron chi connectivity index (χ0n) is 14.9. The summed E-state index contributed by atoms with van der Waals surface area (Å²) in [6.45, 7) is 1.43. The van der Waals surface area contributed by atoms with Crippen molar-refractivity contribution in [1.82, 2.24) is 9.97 Å². The Hall–Kier alpha value is -3.07. The van der Waals surface area contributed by atoms with Gasteiger partial charge in [0.05, 0.1) is 11.1 Å². The molecule has 28 heavy (non-hydrogen) atoms. The monoisotopic (exact) mass is 388 g/mol. The van der Waals surface area contributed by atoms with Crippen LogP contribution in [0.5, 0.6) is 0 Å². The number of rotatable bonds is 3. The van der Waals surface area contributed by atoms with Crippen molar-refractivity contribution in [1.29, 1.82) is 0 Å². The van der Waals surface area contributed by atoms with Crippen LogP contribution in [0.3, 0.4) is 0 Å². The van der Waals surface area contributed by atoms with Crippen molar-refractivity contribution in [3.63, 3.8) is 0 Å². The predicted octanol–water partition coefficient (Wildman–Crippen LogP) is 3.51. The SMILES string of the molecule is Nc1cc(Nc2nc(N3CC[C@H](N)C3)c3ccccc3n2)cc(C(F)(F)F)c1. The number of anilines is 4. The third-order valence-electron chi connectivity index (χ3n) is 4.65. The molecule has 2 heterocycles. The fraction of sp³-hybridized carbons (Fsp3) is 0.263. The van der Waals surface area contributed by atoms with Crippen LogP contribution in [0.1, 0.15) is 12.0 Å². The molecule has 1 aliphatic rings. The van der Waals surface area contributed by atoms with E-state index in [9.17, 15) is 13.2 Å². The summed E-state index contributed by atoms with van der Waals surface area (Å²) in [7, 11) is 0. The predicted molar refractivity (Wildman–Crippen MR) is 103 cm³/mol. The summed E-state index contributed by atoms with van der Waals surface area (Å²) in [6, 6.07) is 10.9. The number of fused-ring (bicyclic) bond motifs is 1. The van der Waals surface area contributed by atoms with Crippen LogP contribution in [-0.2, 0) is 6.18 Å². The summed E-state index contributed by atoms with van der Waals surface area (Å²) in [4.78, 5) is 11.1. The van der Waals surface area contributed by atoms with Gasteiger partial charge in [0.1, 0.15) is 5.82 Å². The van der Waals surface area contributed by atoms with Crippen LogP contribution in [0.4, 0.5) is 36.3 Å². The topological polar surface area (TPSA) is 93.1 Å². The first-order valence-electron chi connectivity index (χ1n) is 8.82. The average Bonchev–Trinajstić information content (AvgIpc) is 3.06. The molecule has 0 radical (unpaired) electrons. The Bertz CT molecular complexity index is 1020. The van der Waals surface area contributed by atoms with E-state index in [0.717, 1.165) is 30.5 Å². The van der Waals surface area contributed by atoms with Gasteiger partial charge < -0.3 is 21.7 Å². The summed E-state index contributed by atoms with van der Waals surface area (Å²) >= 11 is 0. The van der Waals surface area contributed by atoms with Gasteiger partial charge in [-0.1, -0.05) is 12.1 Å². The van der Waals surface area contributed by atoms with Gasteiger partial charge in [-0.15, -0.1) is 0 Å². The lowest BCUT2D eigenvalue weighted by Gasteiger charge is -2.20. The van der Waals surface area contributed by atoms with Gasteiger partial charge in [-0.2, -0.15) is 18.2 Å². The van der Waals surface area contributed by atoms with Gasteiger partial charge in [0.2, 0.25) is 5.95 Å². The summed E-state index contributed by atoms with van der Waals surface area (Å²) in [5, 5.41) is 3.73. The van der Waals surface area contributed by atoms with E-state index in [4.69, 9.17) is 11.5 Å². The highest BCUT2D eigenvalue weighted by molar-refractivity contribution is 5.91. The standard InChI is InChI=1S/C19H19F3N6/c20-19(21,22)11-7-13(24)9-14(8-11)25-18-26-16-4-2-1-3-15(16)17(27-18)28-6-5-12(23)10-28/h1-4,7-9,12H,5-6,10,23-24H2,(H,25,26,27)/t12-/m0/s1. The van der Waals surface area contributed by atoms with E-state index in [1.54, 1.807) is 0 Å². The molecule has 2 aromatic carbocycles. The van der Waals surface area contributed by atoms with Gasteiger partial charge in [-0.05, 0) is 36.8 Å². The molecule has 0 spiro atoms. The minimum absolute atomic E-state index is 0.00357. The van der Waals surface area contributed by atoms with E-state index in [1.165, 1.54) is 6.07 Å². The van der Waals surface area contributed by atoms with Gasteiger partial charge in [0.15, 0.2) is 0 Å². The van der Waals surface area contributed by atoms with Gasteiger partial charge in [-0.25, -0.2) is 4.98 Å². The number of alkyl halides is 3. The largest absolute Gasteiger partial charge is 0.416 e. The second-order valence-corrected chi connectivity index (χ2v) is 6.85. The molecule has 3 aromatic rings. The number of nitrogen functional groups attached to an aromatic ring is 1. The molecule has 9 heteroatoms. The number of nitrogens with two attached hydrogens (primary N) is 2. The Morgan fingerprint density at radius 3 is 2.61 bits per heavy atom. The number of nitrogens with one attached hydrogen (secondary N) is 1. The van der Waals surface area contributed by atoms with Crippen molar-refractivity contribution < 1.29 is 13.2 Å². The fourth-order valence-corrected chi connectivity index (χ4v) is 3.35. The van der Waals surface area contributed by atoms with Gasteiger partial charge in [-0.3, -0.25) is 0 Å². The van der Waals surface area contributed by atoms with E-state index in [-0.39, 0.29) is 23.4 Å². The number of aromatic nitrogens is 2. The molecule has 5 N–H and O–H groups in total. The lowest BCUT2D eigenvalue weighted by molar-refractivity contribution is -0.137. The summed E-state index contributed by atoms with van der Waals surface area (Å²) in [5.41, 5.74) is 11.7. The number of nitrogens with zero attached hydrogens (tertiary/aromatic N) is 3. The summed E-state index contributed by atoms with van der Waals surface area (Å²) < 4.78 is 39.2. The van der Waals surface area contributed by atoms with Crippen molar-refractivity contribution >= 4 is 34.0 Å². The van der Waals surface area contributed by atoms with Crippen LogP contribution >= 0.6 is 0 Å². The first kappa shape index (κ1) is 18.3. The average molecular weight is 388 g/mol. The smallest absolute Gasteiger partial charge is 0.399 e. The maximum atomic E-state index is 13.1. The molecule has 1 aromatic heterocycles. The number of hydrogen-bond acceptors (Lipinski definition) is 6. The Morgan fingerprint density at radius 2 is 1.89 bits per heavy atom. The van der Waals surface area contributed by atoms with E-state index < -0.39 is 11.7 Å². The lowest BCUT2D eigenvalue weighted by Crippen LogP contribution is -2.27. The van der Waals surface area contributed by atoms with Gasteiger partial charge >= 0.3 is 6.18 Å². The highest BCUT2D eigenvalue weighted by Crippen LogP contribution is 2.34. The fourth-order valence-electron chi connectivity index (χ4n) is 3.35. The molecule has 4 rings (SSSR count). The van der Waals surface area contributed by atoms with Crippen LogP contribution in [0.2, 0.25) is 0 Å². The molecule has 146 valence electrons. The van der Waals surface area contributed by atoms with Crippen LogP contribution in [0.25, 0.3) is 10.9 Å². The molecule has 0 unspecified atom stereocenters. The molecular weight excluding hydrogens is 369 g/mol. The molecule has 1 aliphatic heterocycles. The van der Waals surface area contributed by atoms with Crippen molar-refractivity contribution in [2.24, 2.45) is 5.73 Å². The van der Waals surface area contributed by atoms with Crippen LogP contribution in [-0.4, -0.2) is 29.1 Å². The maximum Gasteiger partial charge on any atom is 0.416 e. The number of benzene rings is 2. The lowest BCUT2D eigenvalue weighted by atomic mass is 10.1. The van der Waals surface area contributed by atoms with Crippen LogP contribution in [0.15, 0.2) is 42.5 Å². The highest BCUT2D eigenvalue weighted by atomic mass is 19.4. The van der Waals surface area contributed by atoms with Crippen molar-refractivity contribution in [3.05, 3.63) is 48.0 Å². The van der Waals surface area contributed by atoms with Gasteiger partial charge in [0, 0.05) is 35.9 Å². The second kappa shape index (κ2) is 6.83. The molecule has 1 atom stereocenters. The molecule has 6 nitrogen and oxygen atoms in total. The Balaban J connectivity index is 1.75. The van der Waals surface area contributed by atoms with E-state index in [2.05, 4.69) is 20.2 Å². The molecule has 1 saturated heterocycles. The second-order valence-electron chi connectivity index (χ2n) is 6.85. The molecule has 0 aliphatic carbocycles. The number of hydrogen-bond donors (Lipinski definition) is 3. The maximum absolute atomic E-state index is 13.1. The summed E-state index contributed by atoms with van der Waals surface area (Å²) in [5.74, 6) is 0.911. The number of halogens is 3. The molecule has 0 amide bonds. The Labute approximate surface area is 159 Å². The first-order chi connectivity index (χ1) is 13.3. The normalized spacial score (nSPS) is 17.3. The minimum Gasteiger partial charge on any atom is -0.399 e. The van der Waals surface area contributed by atoms with Gasteiger partial charge in [0.25, 0.3) is 0 Å². The third-order valence-corrected chi connectivity index (χ3v) is 4.65. The van der Waals surface area contributed by atoms with Crippen molar-refractivity contribution in [2.75, 3.05) is 29.0 Å². The molecule has 0 saturated carbocycles. The summed E-state index contributed by atoms with van der Waals surface area (Å²) in [6.07, 6.45) is -3.64. The van der Waals surface area contributed by atoms with Crippen molar-refractivity contribution in [2.45, 2.75) is 18.6 Å². The van der Waals surface area contributed by atoms with E-state index in [1.807, 2.05) is 24.3 Å². The van der Waals surface area contributed by atoms with Crippen LogP contribution in [0, 0.1) is 0 Å². The van der Waals surface area contributed by atoms with Crippen LogP contribution < -0.4 is 21.7 Å². The molecular formula is C19H19F3N6. The highest BCUT2D eigenvalue weighted by Gasteiger charge is 2.31. The number of para-hydroxylation sites is 1. The quantitative estimate of drug-likeness (QED) is 0.595. The van der Waals surface area contributed by atoms with Crippen molar-refractivity contribution in [3.8, 4) is 0 Å². The molecule has 0 bridgehead atoms. The Kier molecular flexibility index (Phi) is 4.46. The first-order valence-corrected chi connectivity index (χ1v) is 8.82. The molecule has 1 fully saturated rings. The minimum atomic E-state index is -4.49. The van der Waals surface area contributed by atoms with E-state index >= 15 is 0 Å². The zero-order chi connectivity index (χ0) is 19.9. The van der Waals surface area contributed by atoms with E-state index in [0.29, 0.717) is 17.9 Å². The Morgan fingerprint density at radius 1 is 1.11 bits per heavy atom. The third kappa shape index (κ3) is 3.65. The zero-order valence-corrected chi connectivity index (χ0v) is 14.9.